The molecule has 0 spiro atoms. The lowest BCUT2D eigenvalue weighted by molar-refractivity contribution is -0.142. The topological polar surface area (TPSA) is 151 Å². The fraction of sp³-hybridized carbons (Fsp3) is 0.750. The van der Waals surface area contributed by atoms with Crippen molar-refractivity contribution in [3.63, 3.8) is 0 Å². The monoisotopic (exact) mass is 422 g/mol. The molecule has 6 N–H and O–H groups in total. The van der Waals surface area contributed by atoms with Crippen LogP contribution in [0, 0.1) is 5.92 Å². The second-order valence-corrected chi connectivity index (χ2v) is 7.73. The Morgan fingerprint density at radius 1 is 1.04 bits per heavy atom. The van der Waals surface area contributed by atoms with Crippen LogP contribution in [0.1, 0.15) is 26.7 Å². The second-order valence-electron chi connectivity index (χ2n) is 6.38. The standard InChI is InChI=1S/C16H30N4O5S2/c1-9(2)6-11(16(24)25)19-15(23)12(8-26)20-14(22)10(4-5-27-3)18-13(21)7-17/h9-12,26H,4-8,17H2,1-3H3,(H,18,21)(H,19,23)(H,20,22)(H,24,25). The molecule has 0 saturated heterocycles. The van der Waals surface area contributed by atoms with Gasteiger partial charge in [0.2, 0.25) is 17.7 Å². The van der Waals surface area contributed by atoms with Crippen molar-refractivity contribution in [3.05, 3.63) is 0 Å². The molecule has 3 amide bonds. The van der Waals surface area contributed by atoms with Gasteiger partial charge in [0.15, 0.2) is 0 Å². The number of carbonyl (C=O) groups excluding carboxylic acids is 3. The van der Waals surface area contributed by atoms with E-state index in [2.05, 4.69) is 28.6 Å². The molecule has 156 valence electrons. The van der Waals surface area contributed by atoms with Gasteiger partial charge in [-0.15, -0.1) is 0 Å². The van der Waals surface area contributed by atoms with Crippen LogP contribution >= 0.6 is 24.4 Å². The van der Waals surface area contributed by atoms with E-state index in [0.29, 0.717) is 12.2 Å². The molecule has 0 heterocycles. The zero-order valence-electron chi connectivity index (χ0n) is 15.9. The van der Waals surface area contributed by atoms with Crippen LogP contribution in [0.25, 0.3) is 0 Å². The zero-order chi connectivity index (χ0) is 21.0. The largest absolute Gasteiger partial charge is 0.480 e. The van der Waals surface area contributed by atoms with Crippen LogP contribution < -0.4 is 21.7 Å². The van der Waals surface area contributed by atoms with Crippen molar-refractivity contribution in [3.8, 4) is 0 Å². The Morgan fingerprint density at radius 2 is 1.59 bits per heavy atom. The summed E-state index contributed by atoms with van der Waals surface area (Å²) in [6.45, 7) is 3.43. The summed E-state index contributed by atoms with van der Waals surface area (Å²) in [5, 5.41) is 16.7. The highest BCUT2D eigenvalue weighted by Gasteiger charge is 2.28. The third kappa shape index (κ3) is 10.5. The number of hydrogen-bond donors (Lipinski definition) is 6. The number of aliphatic carboxylic acids is 1. The Labute approximate surface area is 169 Å². The fourth-order valence-corrected chi connectivity index (χ4v) is 2.92. The highest BCUT2D eigenvalue weighted by molar-refractivity contribution is 7.98. The van der Waals surface area contributed by atoms with Gasteiger partial charge in [0, 0.05) is 5.75 Å². The van der Waals surface area contributed by atoms with E-state index in [-0.39, 0.29) is 24.6 Å². The highest BCUT2D eigenvalue weighted by atomic mass is 32.2. The van der Waals surface area contributed by atoms with E-state index < -0.39 is 41.8 Å². The van der Waals surface area contributed by atoms with Crippen molar-refractivity contribution in [2.24, 2.45) is 11.7 Å². The summed E-state index contributed by atoms with van der Waals surface area (Å²) in [5.41, 5.74) is 5.27. The first kappa shape index (κ1) is 25.5. The van der Waals surface area contributed by atoms with Gasteiger partial charge < -0.3 is 26.8 Å². The third-order valence-electron chi connectivity index (χ3n) is 3.59. The van der Waals surface area contributed by atoms with Crippen LogP contribution in [0.5, 0.6) is 0 Å². The first-order valence-corrected chi connectivity index (χ1v) is 10.6. The molecule has 9 nitrogen and oxygen atoms in total. The molecule has 0 aliphatic rings. The van der Waals surface area contributed by atoms with E-state index in [9.17, 15) is 24.3 Å². The van der Waals surface area contributed by atoms with E-state index in [0.717, 1.165) is 0 Å². The van der Waals surface area contributed by atoms with Crippen LogP contribution in [-0.4, -0.2) is 71.2 Å². The van der Waals surface area contributed by atoms with E-state index in [1.807, 2.05) is 20.1 Å². The number of carboxylic acid groups (broad SMARTS) is 1. The van der Waals surface area contributed by atoms with Gasteiger partial charge in [-0.05, 0) is 30.8 Å². The normalized spacial score (nSPS) is 14.1. The number of nitrogens with one attached hydrogen (secondary N) is 3. The van der Waals surface area contributed by atoms with Crippen molar-refractivity contribution in [2.75, 3.05) is 24.3 Å². The lowest BCUT2D eigenvalue weighted by Gasteiger charge is -2.24. The van der Waals surface area contributed by atoms with Gasteiger partial charge in [-0.2, -0.15) is 24.4 Å². The summed E-state index contributed by atoms with van der Waals surface area (Å²) in [6, 6.07) is -2.92. The molecule has 0 saturated carbocycles. The molecule has 0 radical (unpaired) electrons. The molecule has 3 unspecified atom stereocenters. The minimum absolute atomic E-state index is 0.0221. The molecule has 0 aromatic rings. The first-order chi connectivity index (χ1) is 12.7. The van der Waals surface area contributed by atoms with Crippen molar-refractivity contribution >= 4 is 48.1 Å². The highest BCUT2D eigenvalue weighted by Crippen LogP contribution is 2.06. The van der Waals surface area contributed by atoms with Crippen LogP contribution in [0.3, 0.4) is 0 Å². The summed E-state index contributed by atoms with van der Waals surface area (Å²) < 4.78 is 0. The maximum absolute atomic E-state index is 12.5. The van der Waals surface area contributed by atoms with Gasteiger partial charge >= 0.3 is 5.97 Å². The van der Waals surface area contributed by atoms with E-state index in [1.165, 1.54) is 11.8 Å². The maximum atomic E-state index is 12.5. The Morgan fingerprint density at radius 3 is 2.04 bits per heavy atom. The molecule has 27 heavy (non-hydrogen) atoms. The van der Waals surface area contributed by atoms with Crippen LogP contribution in [0.2, 0.25) is 0 Å². The van der Waals surface area contributed by atoms with Gasteiger partial charge in [0.1, 0.15) is 18.1 Å². The minimum Gasteiger partial charge on any atom is -0.480 e. The lowest BCUT2D eigenvalue weighted by atomic mass is 10.0. The Hall–Kier alpha value is -1.46. The number of thiol groups is 1. The van der Waals surface area contributed by atoms with Crippen molar-refractivity contribution < 1.29 is 24.3 Å². The summed E-state index contributed by atoms with van der Waals surface area (Å²) >= 11 is 5.57. The Balaban J connectivity index is 5.01. The van der Waals surface area contributed by atoms with E-state index in [4.69, 9.17) is 5.73 Å². The van der Waals surface area contributed by atoms with Gasteiger partial charge in [0.05, 0.1) is 6.54 Å². The fourth-order valence-electron chi connectivity index (χ4n) is 2.19. The van der Waals surface area contributed by atoms with Gasteiger partial charge in [-0.25, -0.2) is 4.79 Å². The van der Waals surface area contributed by atoms with Crippen molar-refractivity contribution in [1.29, 1.82) is 0 Å². The van der Waals surface area contributed by atoms with Crippen molar-refractivity contribution in [2.45, 2.75) is 44.8 Å². The molecule has 0 bridgehead atoms. The van der Waals surface area contributed by atoms with Gasteiger partial charge in [0.25, 0.3) is 0 Å². The molecule has 0 rings (SSSR count). The molecular formula is C16H30N4O5S2. The van der Waals surface area contributed by atoms with Crippen LogP contribution in [-0.2, 0) is 19.2 Å². The molecule has 0 aliphatic carbocycles. The molecule has 11 heteroatoms. The summed E-state index contributed by atoms with van der Waals surface area (Å²) in [5.74, 6) is -2.14. The van der Waals surface area contributed by atoms with Crippen molar-refractivity contribution in [1.82, 2.24) is 16.0 Å². The van der Waals surface area contributed by atoms with Gasteiger partial charge in [-0.1, -0.05) is 13.8 Å². The number of thioether (sulfide) groups is 1. The van der Waals surface area contributed by atoms with E-state index in [1.54, 1.807) is 0 Å². The van der Waals surface area contributed by atoms with Gasteiger partial charge in [-0.3, -0.25) is 14.4 Å². The average Bonchev–Trinajstić information content (AvgIpc) is 2.61. The Bertz CT molecular complexity index is 519. The van der Waals surface area contributed by atoms with E-state index >= 15 is 0 Å². The number of carbonyl (C=O) groups is 4. The molecule has 0 aromatic carbocycles. The minimum atomic E-state index is -1.14. The first-order valence-electron chi connectivity index (χ1n) is 8.58. The number of rotatable bonds is 13. The number of nitrogens with two attached hydrogens (primary N) is 1. The summed E-state index contributed by atoms with van der Waals surface area (Å²) in [7, 11) is 0. The summed E-state index contributed by atoms with van der Waals surface area (Å²) in [4.78, 5) is 47.7. The number of amides is 3. The molecular weight excluding hydrogens is 392 g/mol. The number of carboxylic acids is 1. The molecule has 0 fully saturated rings. The molecule has 3 atom stereocenters. The number of hydrogen-bond acceptors (Lipinski definition) is 7. The third-order valence-corrected chi connectivity index (χ3v) is 4.59. The predicted octanol–water partition coefficient (Wildman–Crippen LogP) is -0.787. The Kier molecular flexibility index (Phi) is 12.9. The SMILES string of the molecule is CSCCC(NC(=O)CN)C(=O)NC(CS)C(=O)NC(CC(C)C)C(=O)O. The summed E-state index contributed by atoms with van der Waals surface area (Å²) in [6.07, 6.45) is 2.49. The maximum Gasteiger partial charge on any atom is 0.326 e. The lowest BCUT2D eigenvalue weighted by Crippen LogP contribution is -2.57. The van der Waals surface area contributed by atoms with Crippen LogP contribution in [0.4, 0.5) is 0 Å². The molecule has 0 aromatic heterocycles. The molecule has 0 aliphatic heterocycles. The quantitative estimate of drug-likeness (QED) is 0.213. The smallest absolute Gasteiger partial charge is 0.326 e. The van der Waals surface area contributed by atoms with Crippen LogP contribution in [0.15, 0.2) is 0 Å². The zero-order valence-corrected chi connectivity index (χ0v) is 17.6. The average molecular weight is 423 g/mol. The second kappa shape index (κ2) is 13.7. The predicted molar refractivity (Wildman–Crippen MR) is 109 cm³/mol.